The van der Waals surface area contributed by atoms with E-state index in [-0.39, 0.29) is 0 Å². The molecule has 1 aromatic heterocycles. The first-order valence-electron chi connectivity index (χ1n) is 4.21. The number of aromatic nitrogens is 1. The quantitative estimate of drug-likeness (QED) is 0.834. The van der Waals surface area contributed by atoms with Crippen LogP contribution in [0.1, 0.15) is 0 Å². The van der Waals surface area contributed by atoms with Crippen LogP contribution in [-0.4, -0.2) is 16.2 Å². The molecule has 4 nitrogen and oxygen atoms in total. The topological polar surface area (TPSA) is 62.2 Å². The van der Waals surface area contributed by atoms with Crippen molar-refractivity contribution in [2.24, 2.45) is 0 Å². The second-order valence-electron chi connectivity index (χ2n) is 2.92. The molecule has 2 rings (SSSR count). The van der Waals surface area contributed by atoms with E-state index in [0.29, 0.717) is 5.82 Å². The molecule has 76 valence electrons. The van der Waals surface area contributed by atoms with Gasteiger partial charge < -0.3 is 5.11 Å². The molecule has 1 amide bonds. The minimum atomic E-state index is -1.12. The highest BCUT2D eigenvalue weighted by atomic mass is 79.9. The van der Waals surface area contributed by atoms with Gasteiger partial charge in [-0.3, -0.25) is 5.32 Å². The summed E-state index contributed by atoms with van der Waals surface area (Å²) < 4.78 is 0.913. The molecule has 2 aromatic rings. The third kappa shape index (κ3) is 1.92. The molecule has 0 spiro atoms. The van der Waals surface area contributed by atoms with Gasteiger partial charge in [0.15, 0.2) is 0 Å². The maximum atomic E-state index is 10.5. The molecule has 2 N–H and O–H groups in total. The standard InChI is InChI=1S/C10H7BrN2O2/c11-8-3-1-2-7-6(8)4-5-12-9(7)13-10(14)15/h1-5H,(H,12,13)(H,14,15). The third-order valence-electron chi connectivity index (χ3n) is 1.98. The van der Waals surface area contributed by atoms with E-state index in [2.05, 4.69) is 26.2 Å². The summed E-state index contributed by atoms with van der Waals surface area (Å²) in [5.74, 6) is 0.348. The number of pyridine rings is 1. The Morgan fingerprint density at radius 3 is 2.87 bits per heavy atom. The Balaban J connectivity index is 2.65. The van der Waals surface area contributed by atoms with Gasteiger partial charge in [0, 0.05) is 21.4 Å². The Hall–Kier alpha value is -1.62. The average molecular weight is 267 g/mol. The Morgan fingerprint density at radius 1 is 1.33 bits per heavy atom. The number of rotatable bonds is 1. The summed E-state index contributed by atoms with van der Waals surface area (Å²) in [5.41, 5.74) is 0. The number of hydrogen-bond acceptors (Lipinski definition) is 2. The highest BCUT2D eigenvalue weighted by Crippen LogP contribution is 2.27. The van der Waals surface area contributed by atoms with E-state index in [1.807, 2.05) is 24.3 Å². The van der Waals surface area contributed by atoms with Gasteiger partial charge in [-0.2, -0.15) is 0 Å². The zero-order chi connectivity index (χ0) is 10.8. The number of carbonyl (C=O) groups is 1. The number of anilines is 1. The highest BCUT2D eigenvalue weighted by Gasteiger charge is 2.06. The van der Waals surface area contributed by atoms with Crippen molar-refractivity contribution >= 4 is 38.6 Å². The Labute approximate surface area is 94.1 Å². The van der Waals surface area contributed by atoms with Crippen LogP contribution in [0, 0.1) is 0 Å². The van der Waals surface area contributed by atoms with Crippen LogP contribution in [-0.2, 0) is 0 Å². The second-order valence-corrected chi connectivity index (χ2v) is 3.78. The zero-order valence-corrected chi connectivity index (χ0v) is 9.15. The van der Waals surface area contributed by atoms with Crippen LogP contribution in [0.3, 0.4) is 0 Å². The lowest BCUT2D eigenvalue weighted by molar-refractivity contribution is 0.209. The summed E-state index contributed by atoms with van der Waals surface area (Å²) in [7, 11) is 0. The predicted octanol–water partition coefficient (Wildman–Crippen LogP) is 3.09. The molecule has 0 radical (unpaired) electrons. The third-order valence-corrected chi connectivity index (χ3v) is 2.67. The molecule has 15 heavy (non-hydrogen) atoms. The van der Waals surface area contributed by atoms with E-state index in [1.165, 1.54) is 0 Å². The van der Waals surface area contributed by atoms with Crippen LogP contribution in [0.5, 0.6) is 0 Å². The van der Waals surface area contributed by atoms with Crippen molar-refractivity contribution in [3.63, 3.8) is 0 Å². The van der Waals surface area contributed by atoms with Crippen molar-refractivity contribution in [1.29, 1.82) is 0 Å². The molecule has 0 saturated carbocycles. The van der Waals surface area contributed by atoms with Crippen molar-refractivity contribution in [3.05, 3.63) is 34.9 Å². The predicted molar refractivity (Wildman–Crippen MR) is 61.1 cm³/mol. The van der Waals surface area contributed by atoms with Gasteiger partial charge in [-0.05, 0) is 12.1 Å². The van der Waals surface area contributed by atoms with E-state index in [1.54, 1.807) is 6.20 Å². The number of halogens is 1. The lowest BCUT2D eigenvalue weighted by atomic mass is 10.1. The number of nitrogens with one attached hydrogen (secondary N) is 1. The molecular formula is C10H7BrN2O2. The number of carboxylic acid groups (broad SMARTS) is 1. The maximum Gasteiger partial charge on any atom is 0.410 e. The number of amides is 1. The number of hydrogen-bond donors (Lipinski definition) is 2. The van der Waals surface area contributed by atoms with Gasteiger partial charge in [-0.15, -0.1) is 0 Å². The van der Waals surface area contributed by atoms with E-state index >= 15 is 0 Å². The van der Waals surface area contributed by atoms with Crippen LogP contribution in [0.25, 0.3) is 10.8 Å². The van der Waals surface area contributed by atoms with Gasteiger partial charge in [0.2, 0.25) is 0 Å². The van der Waals surface area contributed by atoms with Crippen LogP contribution >= 0.6 is 15.9 Å². The van der Waals surface area contributed by atoms with Gasteiger partial charge >= 0.3 is 6.09 Å². The molecule has 1 heterocycles. The highest BCUT2D eigenvalue weighted by molar-refractivity contribution is 9.10. The number of nitrogens with zero attached hydrogens (tertiary/aromatic N) is 1. The molecule has 0 aliphatic heterocycles. The summed E-state index contributed by atoms with van der Waals surface area (Å²) in [6, 6.07) is 7.37. The Bertz CT molecular complexity index is 528. The fourth-order valence-corrected chi connectivity index (χ4v) is 1.87. The molecule has 0 fully saturated rings. The smallest absolute Gasteiger partial charge is 0.410 e. The fraction of sp³-hybridized carbons (Fsp3) is 0. The van der Waals surface area contributed by atoms with E-state index in [9.17, 15) is 4.79 Å². The van der Waals surface area contributed by atoms with Crippen molar-refractivity contribution in [1.82, 2.24) is 4.98 Å². The maximum absolute atomic E-state index is 10.5. The molecular weight excluding hydrogens is 260 g/mol. The molecule has 0 aliphatic carbocycles. The Morgan fingerprint density at radius 2 is 2.13 bits per heavy atom. The van der Waals surface area contributed by atoms with Crippen molar-refractivity contribution in [2.45, 2.75) is 0 Å². The zero-order valence-electron chi connectivity index (χ0n) is 7.57. The normalized spacial score (nSPS) is 10.2. The van der Waals surface area contributed by atoms with Gasteiger partial charge in [0.05, 0.1) is 0 Å². The van der Waals surface area contributed by atoms with Crippen LogP contribution in [0.2, 0.25) is 0 Å². The largest absolute Gasteiger partial charge is 0.465 e. The van der Waals surface area contributed by atoms with E-state index in [4.69, 9.17) is 5.11 Å². The number of benzene rings is 1. The summed E-state index contributed by atoms with van der Waals surface area (Å²) in [4.78, 5) is 14.5. The SMILES string of the molecule is O=C(O)Nc1nccc2c(Br)cccc12. The minimum absolute atomic E-state index is 0.348. The lowest BCUT2D eigenvalue weighted by Gasteiger charge is -2.05. The van der Waals surface area contributed by atoms with Gasteiger partial charge in [-0.1, -0.05) is 28.1 Å². The molecule has 5 heteroatoms. The van der Waals surface area contributed by atoms with Crippen molar-refractivity contribution < 1.29 is 9.90 Å². The molecule has 0 atom stereocenters. The van der Waals surface area contributed by atoms with Crippen molar-refractivity contribution in [2.75, 3.05) is 5.32 Å². The molecule has 0 unspecified atom stereocenters. The Kier molecular flexibility index (Phi) is 2.55. The molecule has 0 bridgehead atoms. The average Bonchev–Trinajstić information content (AvgIpc) is 2.19. The van der Waals surface area contributed by atoms with Crippen LogP contribution in [0.15, 0.2) is 34.9 Å². The van der Waals surface area contributed by atoms with Gasteiger partial charge in [0.1, 0.15) is 5.82 Å². The molecule has 1 aromatic carbocycles. The molecule has 0 aliphatic rings. The van der Waals surface area contributed by atoms with Gasteiger partial charge in [-0.25, -0.2) is 9.78 Å². The minimum Gasteiger partial charge on any atom is -0.465 e. The fourth-order valence-electron chi connectivity index (χ4n) is 1.37. The van der Waals surface area contributed by atoms with Crippen molar-refractivity contribution in [3.8, 4) is 0 Å². The first-order valence-corrected chi connectivity index (χ1v) is 5.01. The second kappa shape index (κ2) is 3.86. The van der Waals surface area contributed by atoms with Gasteiger partial charge in [0.25, 0.3) is 0 Å². The lowest BCUT2D eigenvalue weighted by Crippen LogP contribution is -2.08. The molecule has 0 saturated heterocycles. The summed E-state index contributed by atoms with van der Waals surface area (Å²) >= 11 is 3.39. The van der Waals surface area contributed by atoms with Crippen LogP contribution < -0.4 is 5.32 Å². The summed E-state index contributed by atoms with van der Waals surface area (Å²) in [6.07, 6.45) is 0.452. The first-order chi connectivity index (χ1) is 7.18. The summed E-state index contributed by atoms with van der Waals surface area (Å²) in [6.45, 7) is 0. The van der Waals surface area contributed by atoms with Crippen LogP contribution in [0.4, 0.5) is 10.6 Å². The monoisotopic (exact) mass is 266 g/mol. The van der Waals surface area contributed by atoms with E-state index < -0.39 is 6.09 Å². The first kappa shape index (κ1) is 9.92. The summed E-state index contributed by atoms with van der Waals surface area (Å²) in [5, 5.41) is 12.6. The van der Waals surface area contributed by atoms with E-state index in [0.717, 1.165) is 15.2 Å². The number of fused-ring (bicyclic) bond motifs is 1.